The Labute approximate surface area is 84.7 Å². The molecule has 0 amide bonds. The number of aromatic nitrogens is 1. The molecule has 0 aliphatic carbocycles. The highest BCUT2D eigenvalue weighted by Crippen LogP contribution is 2.27. The molecule has 2 N–H and O–H groups in total. The molecule has 0 radical (unpaired) electrons. The maximum Gasteiger partial charge on any atom is 0.433 e. The summed E-state index contributed by atoms with van der Waals surface area (Å²) in [5.41, 5.74) is -0.241. The molecule has 0 saturated carbocycles. The lowest BCUT2D eigenvalue weighted by Crippen LogP contribution is -2.51. The van der Waals surface area contributed by atoms with Crippen LogP contribution in [0.5, 0.6) is 0 Å². The van der Waals surface area contributed by atoms with Crippen LogP contribution in [0.4, 0.5) is 18.9 Å². The number of anilines is 1. The van der Waals surface area contributed by atoms with Gasteiger partial charge in [0.05, 0.1) is 17.9 Å². The van der Waals surface area contributed by atoms with Crippen molar-refractivity contribution >= 4 is 5.69 Å². The lowest BCUT2D eigenvalue weighted by molar-refractivity contribution is -0.141. The molecule has 1 aromatic rings. The van der Waals surface area contributed by atoms with Crippen LogP contribution in [0.2, 0.25) is 0 Å². The fourth-order valence-electron chi connectivity index (χ4n) is 1.27. The Morgan fingerprint density at radius 2 is 2.07 bits per heavy atom. The molecule has 0 unspecified atom stereocenters. The molecule has 2 heterocycles. The van der Waals surface area contributed by atoms with Gasteiger partial charge in [0.2, 0.25) is 0 Å². The number of alkyl halides is 3. The zero-order valence-corrected chi connectivity index (χ0v) is 7.80. The summed E-state index contributed by atoms with van der Waals surface area (Å²) in [6, 6.07) is 2.67. The first-order valence-corrected chi connectivity index (χ1v) is 4.56. The summed E-state index contributed by atoms with van der Waals surface area (Å²) in [5.74, 6) is 0. The molecule has 0 atom stereocenters. The van der Waals surface area contributed by atoms with E-state index in [-0.39, 0.29) is 0 Å². The van der Waals surface area contributed by atoms with Crippen molar-refractivity contribution in [2.24, 2.45) is 0 Å². The summed E-state index contributed by atoms with van der Waals surface area (Å²) < 4.78 is 36.5. The molecule has 1 aliphatic rings. The zero-order chi connectivity index (χ0) is 10.9. The Hall–Kier alpha value is -1.30. The molecule has 1 aromatic heterocycles. The molecule has 3 nitrogen and oxygen atoms in total. The fourth-order valence-corrected chi connectivity index (χ4v) is 1.27. The van der Waals surface area contributed by atoms with E-state index in [9.17, 15) is 13.2 Å². The summed E-state index contributed by atoms with van der Waals surface area (Å²) in [6.07, 6.45) is -3.16. The summed E-state index contributed by atoms with van der Waals surface area (Å²) in [4.78, 5) is 3.35. The minimum atomic E-state index is -4.36. The van der Waals surface area contributed by atoms with Crippen LogP contribution in [-0.4, -0.2) is 24.1 Å². The third-order valence-electron chi connectivity index (χ3n) is 2.21. The molecule has 2 rings (SSSR count). The van der Waals surface area contributed by atoms with E-state index in [1.165, 1.54) is 12.3 Å². The van der Waals surface area contributed by atoms with Crippen molar-refractivity contribution in [3.8, 4) is 0 Å². The Bertz CT molecular complexity index is 329. The molecule has 6 heteroatoms. The molecule has 0 bridgehead atoms. The van der Waals surface area contributed by atoms with E-state index in [2.05, 4.69) is 15.6 Å². The van der Waals surface area contributed by atoms with Crippen molar-refractivity contribution in [1.29, 1.82) is 0 Å². The summed E-state index contributed by atoms with van der Waals surface area (Å²) in [5, 5.41) is 6.12. The number of nitrogens with zero attached hydrogens (tertiary/aromatic N) is 1. The van der Waals surface area contributed by atoms with Gasteiger partial charge in [-0.2, -0.15) is 13.2 Å². The second-order valence-corrected chi connectivity index (χ2v) is 3.43. The van der Waals surface area contributed by atoms with Crippen LogP contribution in [0.3, 0.4) is 0 Å². The van der Waals surface area contributed by atoms with Gasteiger partial charge < -0.3 is 10.6 Å². The minimum Gasteiger partial charge on any atom is -0.379 e. The highest BCUT2D eigenvalue weighted by molar-refractivity contribution is 5.43. The third kappa shape index (κ3) is 2.38. The number of hydrogen-bond donors (Lipinski definition) is 2. The van der Waals surface area contributed by atoms with E-state index in [1.54, 1.807) is 0 Å². The predicted molar refractivity (Wildman–Crippen MR) is 49.5 cm³/mol. The van der Waals surface area contributed by atoms with Crippen molar-refractivity contribution in [3.05, 3.63) is 24.0 Å². The average molecular weight is 217 g/mol. The molecular weight excluding hydrogens is 207 g/mol. The smallest absolute Gasteiger partial charge is 0.379 e. The Kier molecular flexibility index (Phi) is 2.52. The van der Waals surface area contributed by atoms with Crippen LogP contribution in [0.25, 0.3) is 0 Å². The van der Waals surface area contributed by atoms with Gasteiger partial charge in [0.25, 0.3) is 0 Å². The largest absolute Gasteiger partial charge is 0.433 e. The van der Waals surface area contributed by atoms with Crippen LogP contribution < -0.4 is 10.6 Å². The van der Waals surface area contributed by atoms with Crippen molar-refractivity contribution in [2.75, 3.05) is 18.4 Å². The first-order chi connectivity index (χ1) is 7.05. The molecule has 1 aliphatic heterocycles. The highest BCUT2D eigenvalue weighted by Gasteiger charge is 2.32. The quantitative estimate of drug-likeness (QED) is 0.788. The Balaban J connectivity index is 2.03. The second-order valence-electron chi connectivity index (χ2n) is 3.43. The van der Waals surface area contributed by atoms with Crippen LogP contribution >= 0.6 is 0 Å². The molecule has 15 heavy (non-hydrogen) atoms. The summed E-state index contributed by atoms with van der Waals surface area (Å²) >= 11 is 0. The van der Waals surface area contributed by atoms with Gasteiger partial charge in [0, 0.05) is 13.1 Å². The second kappa shape index (κ2) is 3.69. The van der Waals surface area contributed by atoms with Gasteiger partial charge in [-0.3, -0.25) is 0 Å². The molecule has 82 valence electrons. The normalized spacial score (nSPS) is 17.3. The Morgan fingerprint density at radius 3 is 2.47 bits per heavy atom. The monoisotopic (exact) mass is 217 g/mol. The third-order valence-corrected chi connectivity index (χ3v) is 2.21. The number of nitrogens with one attached hydrogen (secondary N) is 2. The molecule has 1 saturated heterocycles. The van der Waals surface area contributed by atoms with Crippen molar-refractivity contribution < 1.29 is 13.2 Å². The first-order valence-electron chi connectivity index (χ1n) is 4.56. The van der Waals surface area contributed by atoms with Gasteiger partial charge in [0.15, 0.2) is 0 Å². The SMILES string of the molecule is FC(F)(F)c1ccc(NC2CNC2)cn1. The summed E-state index contributed by atoms with van der Waals surface area (Å²) in [7, 11) is 0. The maximum absolute atomic E-state index is 12.2. The summed E-state index contributed by atoms with van der Waals surface area (Å²) in [6.45, 7) is 1.67. The maximum atomic E-state index is 12.2. The van der Waals surface area contributed by atoms with Crippen LogP contribution in [0.15, 0.2) is 18.3 Å². The molecule has 0 aromatic carbocycles. The predicted octanol–water partition coefficient (Wildman–Crippen LogP) is 1.48. The standard InChI is InChI=1S/C9H10F3N3/c10-9(11,12)8-2-1-6(5-14-8)15-7-3-13-4-7/h1-2,5,7,13,15H,3-4H2. The van der Waals surface area contributed by atoms with E-state index in [0.29, 0.717) is 11.7 Å². The Morgan fingerprint density at radius 1 is 1.33 bits per heavy atom. The van der Waals surface area contributed by atoms with Crippen LogP contribution in [-0.2, 0) is 6.18 Å². The number of halogens is 3. The average Bonchev–Trinajstić information content (AvgIpc) is 2.11. The topological polar surface area (TPSA) is 37.0 Å². The zero-order valence-electron chi connectivity index (χ0n) is 7.80. The fraction of sp³-hybridized carbons (Fsp3) is 0.444. The number of rotatable bonds is 2. The van der Waals surface area contributed by atoms with E-state index in [4.69, 9.17) is 0 Å². The van der Waals surface area contributed by atoms with Gasteiger partial charge in [-0.25, -0.2) is 4.98 Å². The lowest BCUT2D eigenvalue weighted by Gasteiger charge is -2.28. The van der Waals surface area contributed by atoms with Crippen molar-refractivity contribution in [1.82, 2.24) is 10.3 Å². The molecule has 1 fully saturated rings. The van der Waals surface area contributed by atoms with Gasteiger partial charge in [-0.15, -0.1) is 0 Å². The van der Waals surface area contributed by atoms with E-state index < -0.39 is 11.9 Å². The van der Waals surface area contributed by atoms with Gasteiger partial charge in [-0.05, 0) is 12.1 Å². The van der Waals surface area contributed by atoms with Crippen LogP contribution in [0.1, 0.15) is 5.69 Å². The van der Waals surface area contributed by atoms with Crippen molar-refractivity contribution in [2.45, 2.75) is 12.2 Å². The minimum absolute atomic E-state index is 0.295. The lowest BCUT2D eigenvalue weighted by atomic mass is 10.2. The van der Waals surface area contributed by atoms with Crippen molar-refractivity contribution in [3.63, 3.8) is 0 Å². The van der Waals surface area contributed by atoms with E-state index in [1.807, 2.05) is 0 Å². The highest BCUT2D eigenvalue weighted by atomic mass is 19.4. The number of pyridine rings is 1. The van der Waals surface area contributed by atoms with Gasteiger partial charge >= 0.3 is 6.18 Å². The molecule has 0 spiro atoms. The van der Waals surface area contributed by atoms with Gasteiger partial charge in [-0.1, -0.05) is 0 Å². The first kappa shape index (κ1) is 10.2. The van der Waals surface area contributed by atoms with E-state index in [0.717, 1.165) is 19.2 Å². The van der Waals surface area contributed by atoms with E-state index >= 15 is 0 Å². The number of hydrogen-bond acceptors (Lipinski definition) is 3. The molecular formula is C9H10F3N3. The van der Waals surface area contributed by atoms with Gasteiger partial charge in [0.1, 0.15) is 5.69 Å². The van der Waals surface area contributed by atoms with Crippen LogP contribution in [0, 0.1) is 0 Å².